The second kappa shape index (κ2) is 3.99. The van der Waals surface area contributed by atoms with E-state index in [1.807, 2.05) is 24.4 Å². The molecule has 2 atom stereocenters. The van der Waals surface area contributed by atoms with E-state index in [1.54, 1.807) is 0 Å². The summed E-state index contributed by atoms with van der Waals surface area (Å²) < 4.78 is 12.4. The topological polar surface area (TPSA) is 43.1 Å². The predicted molar refractivity (Wildman–Crippen MR) is 49.2 cm³/mol. The molecule has 0 bridgehead atoms. The summed E-state index contributed by atoms with van der Waals surface area (Å²) in [6, 6.07) is 3.79. The number of rotatable bonds is 3. The van der Waals surface area contributed by atoms with Crippen LogP contribution in [0.15, 0.2) is 21.7 Å². The van der Waals surface area contributed by atoms with Crippen molar-refractivity contribution < 1.29 is 4.21 Å². The van der Waals surface area contributed by atoms with Gasteiger partial charge in [0.25, 0.3) is 0 Å². The normalized spacial score (nSPS) is 16.2. The maximum atomic E-state index is 11.5. The largest absolute Gasteiger partial charge is 0.329 e. The van der Waals surface area contributed by atoms with E-state index in [2.05, 4.69) is 0 Å². The van der Waals surface area contributed by atoms with Gasteiger partial charge < -0.3 is 5.73 Å². The Kier molecular flexibility index (Phi) is 3.23. The van der Waals surface area contributed by atoms with Gasteiger partial charge in [-0.15, -0.1) is 11.3 Å². The van der Waals surface area contributed by atoms with Gasteiger partial charge in [0.15, 0.2) is 0 Å². The van der Waals surface area contributed by atoms with Crippen molar-refractivity contribution in [3.05, 3.63) is 17.5 Å². The molecule has 1 aromatic rings. The molecule has 0 aliphatic rings. The first-order valence-corrected chi connectivity index (χ1v) is 5.49. The lowest BCUT2D eigenvalue weighted by molar-refractivity contribution is 0.675. The molecule has 0 spiro atoms. The average Bonchev–Trinajstić information content (AvgIpc) is 2.53. The Hall–Kier alpha value is -0.190. The fraction of sp³-hybridized carbons (Fsp3) is 0.429. The third kappa shape index (κ3) is 2.12. The van der Waals surface area contributed by atoms with Crippen molar-refractivity contribution in [3.63, 3.8) is 0 Å². The van der Waals surface area contributed by atoms with Gasteiger partial charge in [-0.1, -0.05) is 6.07 Å². The quantitative estimate of drug-likeness (QED) is 0.776. The van der Waals surface area contributed by atoms with Crippen molar-refractivity contribution >= 4 is 22.1 Å². The maximum absolute atomic E-state index is 11.5. The van der Waals surface area contributed by atoms with Gasteiger partial charge in [-0.25, -0.2) is 0 Å². The standard InChI is InChI=1S/C7H11NOS2/c1-6(5-8)11(9)7-3-2-4-10-7/h2-4,6H,5,8H2,1H3. The Morgan fingerprint density at radius 3 is 3.00 bits per heavy atom. The summed E-state index contributed by atoms with van der Waals surface area (Å²) in [7, 11) is -0.904. The van der Waals surface area contributed by atoms with Crippen molar-refractivity contribution in [1.82, 2.24) is 0 Å². The third-order valence-electron chi connectivity index (χ3n) is 1.39. The molecule has 4 heteroatoms. The minimum atomic E-state index is -0.904. The molecule has 11 heavy (non-hydrogen) atoms. The van der Waals surface area contributed by atoms with Crippen molar-refractivity contribution in [2.75, 3.05) is 6.54 Å². The van der Waals surface area contributed by atoms with E-state index in [9.17, 15) is 4.21 Å². The number of hydrogen-bond donors (Lipinski definition) is 1. The zero-order valence-electron chi connectivity index (χ0n) is 6.32. The van der Waals surface area contributed by atoms with Crippen molar-refractivity contribution in [2.24, 2.45) is 5.73 Å². The highest BCUT2D eigenvalue weighted by atomic mass is 32.2. The number of thiophene rings is 1. The molecular formula is C7H11NOS2. The van der Waals surface area contributed by atoms with Crippen LogP contribution in [0.4, 0.5) is 0 Å². The van der Waals surface area contributed by atoms with Crippen LogP contribution < -0.4 is 5.73 Å². The second-order valence-electron chi connectivity index (χ2n) is 2.28. The highest BCUT2D eigenvalue weighted by Crippen LogP contribution is 2.16. The van der Waals surface area contributed by atoms with Gasteiger partial charge in [0.2, 0.25) is 0 Å². The molecule has 1 heterocycles. The fourth-order valence-corrected chi connectivity index (χ4v) is 2.93. The van der Waals surface area contributed by atoms with Gasteiger partial charge in [0, 0.05) is 11.8 Å². The molecule has 62 valence electrons. The summed E-state index contributed by atoms with van der Waals surface area (Å²) >= 11 is 1.52. The van der Waals surface area contributed by atoms with Crippen LogP contribution in [0.25, 0.3) is 0 Å². The van der Waals surface area contributed by atoms with E-state index in [4.69, 9.17) is 5.73 Å². The Morgan fingerprint density at radius 2 is 2.55 bits per heavy atom. The van der Waals surface area contributed by atoms with E-state index < -0.39 is 10.8 Å². The Labute approximate surface area is 72.9 Å². The SMILES string of the molecule is CC(CN)S(=O)c1cccs1. The molecule has 2 unspecified atom stereocenters. The van der Waals surface area contributed by atoms with Crippen molar-refractivity contribution in [2.45, 2.75) is 16.4 Å². The van der Waals surface area contributed by atoms with Crippen LogP contribution >= 0.6 is 11.3 Å². The summed E-state index contributed by atoms with van der Waals surface area (Å²) in [4.78, 5) is 0. The van der Waals surface area contributed by atoms with Gasteiger partial charge in [0.1, 0.15) is 0 Å². The highest BCUT2D eigenvalue weighted by Gasteiger charge is 2.11. The first-order chi connectivity index (χ1) is 5.25. The second-order valence-corrected chi connectivity index (χ2v) is 5.32. The zero-order chi connectivity index (χ0) is 8.27. The molecule has 0 fully saturated rings. The van der Waals surface area contributed by atoms with Crippen LogP contribution in [-0.2, 0) is 10.8 Å². The molecule has 0 radical (unpaired) electrons. The molecule has 0 saturated heterocycles. The first kappa shape index (κ1) is 8.90. The van der Waals surface area contributed by atoms with Crippen LogP contribution in [0.5, 0.6) is 0 Å². The molecule has 1 rings (SSSR count). The van der Waals surface area contributed by atoms with E-state index >= 15 is 0 Å². The van der Waals surface area contributed by atoms with Gasteiger partial charge in [-0.3, -0.25) is 4.21 Å². The molecule has 1 aromatic heterocycles. The Bertz CT molecular complexity index is 233. The van der Waals surface area contributed by atoms with Crippen LogP contribution in [0, 0.1) is 0 Å². The van der Waals surface area contributed by atoms with E-state index in [0.29, 0.717) is 6.54 Å². The van der Waals surface area contributed by atoms with E-state index in [0.717, 1.165) is 4.21 Å². The first-order valence-electron chi connectivity index (χ1n) is 3.40. The lowest BCUT2D eigenvalue weighted by Crippen LogP contribution is -2.21. The fourth-order valence-electron chi connectivity index (χ4n) is 0.664. The Balaban J connectivity index is 2.70. The molecule has 0 amide bonds. The average molecular weight is 189 g/mol. The maximum Gasteiger partial charge on any atom is 0.0913 e. The number of nitrogens with two attached hydrogens (primary N) is 1. The molecular weight excluding hydrogens is 178 g/mol. The van der Waals surface area contributed by atoms with Gasteiger partial charge in [0.05, 0.1) is 15.0 Å². The lowest BCUT2D eigenvalue weighted by Gasteiger charge is -2.04. The monoisotopic (exact) mass is 189 g/mol. The van der Waals surface area contributed by atoms with E-state index in [-0.39, 0.29) is 5.25 Å². The molecule has 2 nitrogen and oxygen atoms in total. The van der Waals surface area contributed by atoms with E-state index in [1.165, 1.54) is 11.3 Å². The molecule has 0 aromatic carbocycles. The minimum absolute atomic E-state index is 0.0636. The third-order valence-corrected chi connectivity index (χ3v) is 4.29. The van der Waals surface area contributed by atoms with Crippen molar-refractivity contribution in [1.29, 1.82) is 0 Å². The summed E-state index contributed by atoms with van der Waals surface area (Å²) in [5.41, 5.74) is 5.39. The summed E-state index contributed by atoms with van der Waals surface area (Å²) in [5.74, 6) is 0. The van der Waals surface area contributed by atoms with Crippen LogP contribution in [0.1, 0.15) is 6.92 Å². The lowest BCUT2D eigenvalue weighted by atomic mass is 10.5. The highest BCUT2D eigenvalue weighted by molar-refractivity contribution is 7.87. The molecule has 0 aliphatic heterocycles. The van der Waals surface area contributed by atoms with Gasteiger partial charge in [-0.05, 0) is 18.4 Å². The molecule has 0 saturated carbocycles. The molecule has 2 N–H and O–H groups in total. The van der Waals surface area contributed by atoms with Crippen LogP contribution in [0.2, 0.25) is 0 Å². The number of hydrogen-bond acceptors (Lipinski definition) is 3. The van der Waals surface area contributed by atoms with Crippen LogP contribution in [-0.4, -0.2) is 16.0 Å². The van der Waals surface area contributed by atoms with Crippen molar-refractivity contribution in [3.8, 4) is 0 Å². The zero-order valence-corrected chi connectivity index (χ0v) is 7.95. The smallest absolute Gasteiger partial charge is 0.0913 e. The Morgan fingerprint density at radius 1 is 1.82 bits per heavy atom. The minimum Gasteiger partial charge on any atom is -0.329 e. The van der Waals surface area contributed by atoms with Gasteiger partial charge in [-0.2, -0.15) is 0 Å². The summed E-state index contributed by atoms with van der Waals surface area (Å²) in [6.07, 6.45) is 0. The van der Waals surface area contributed by atoms with Gasteiger partial charge >= 0.3 is 0 Å². The molecule has 0 aliphatic carbocycles. The summed E-state index contributed by atoms with van der Waals surface area (Å²) in [5, 5.41) is 1.99. The predicted octanol–water partition coefficient (Wildman–Crippen LogP) is 1.20. The van der Waals surface area contributed by atoms with Crippen LogP contribution in [0.3, 0.4) is 0 Å². The summed E-state index contributed by atoms with van der Waals surface area (Å²) in [6.45, 7) is 2.38.